The zero-order valence-corrected chi connectivity index (χ0v) is 16.6. The molecule has 6 nitrogen and oxygen atoms in total. The number of hydrogen-bond donors (Lipinski definition) is 1. The lowest BCUT2D eigenvalue weighted by Crippen LogP contribution is -2.25. The van der Waals surface area contributed by atoms with Crippen molar-refractivity contribution >= 4 is 17.5 Å². The predicted molar refractivity (Wildman–Crippen MR) is 106 cm³/mol. The Hall–Kier alpha value is -2.60. The highest BCUT2D eigenvalue weighted by molar-refractivity contribution is 6.31. The van der Waals surface area contributed by atoms with Gasteiger partial charge in [0.1, 0.15) is 0 Å². The highest BCUT2D eigenvalue weighted by Gasteiger charge is 2.10. The Morgan fingerprint density at radius 1 is 1.19 bits per heavy atom. The molecule has 1 N–H and O–H groups in total. The second kappa shape index (κ2) is 8.39. The molecule has 7 heteroatoms. The first-order chi connectivity index (χ1) is 12.9. The molecule has 3 rings (SSSR count). The van der Waals surface area contributed by atoms with E-state index in [-0.39, 0.29) is 5.91 Å². The Bertz CT molecular complexity index is 927. The van der Waals surface area contributed by atoms with Crippen LogP contribution in [0.1, 0.15) is 39.3 Å². The van der Waals surface area contributed by atoms with Gasteiger partial charge in [0.25, 0.3) is 5.91 Å². The molecule has 1 amide bonds. The van der Waals surface area contributed by atoms with E-state index in [0.717, 1.165) is 35.5 Å². The molecule has 0 aliphatic rings. The van der Waals surface area contributed by atoms with Crippen LogP contribution < -0.4 is 5.32 Å². The van der Waals surface area contributed by atoms with E-state index in [1.807, 2.05) is 66.8 Å². The summed E-state index contributed by atoms with van der Waals surface area (Å²) in [4.78, 5) is 12.3. The summed E-state index contributed by atoms with van der Waals surface area (Å²) in [6.07, 6.45) is 4.67. The summed E-state index contributed by atoms with van der Waals surface area (Å²) in [5.41, 5.74) is 4.64. The number of rotatable bonds is 7. The van der Waals surface area contributed by atoms with Crippen LogP contribution in [-0.2, 0) is 13.1 Å². The van der Waals surface area contributed by atoms with Gasteiger partial charge in [-0.25, -0.2) is 0 Å². The average Bonchev–Trinajstić information content (AvgIpc) is 3.18. The van der Waals surface area contributed by atoms with Crippen LogP contribution in [-0.4, -0.2) is 32.0 Å². The van der Waals surface area contributed by atoms with Gasteiger partial charge < -0.3 is 5.32 Å². The van der Waals surface area contributed by atoms with Crippen molar-refractivity contribution in [3.8, 4) is 0 Å². The maximum absolute atomic E-state index is 12.3. The van der Waals surface area contributed by atoms with Gasteiger partial charge >= 0.3 is 0 Å². The van der Waals surface area contributed by atoms with Gasteiger partial charge in [-0.3, -0.25) is 14.2 Å². The van der Waals surface area contributed by atoms with Crippen molar-refractivity contribution in [3.05, 3.63) is 69.8 Å². The fourth-order valence-corrected chi connectivity index (χ4v) is 3.03. The van der Waals surface area contributed by atoms with E-state index in [1.54, 1.807) is 0 Å². The van der Waals surface area contributed by atoms with E-state index >= 15 is 0 Å². The van der Waals surface area contributed by atoms with Crippen LogP contribution >= 0.6 is 11.6 Å². The number of aromatic nitrogens is 4. The molecule has 2 aromatic heterocycles. The molecule has 0 bridgehead atoms. The highest BCUT2D eigenvalue weighted by atomic mass is 35.5. The molecule has 0 saturated carbocycles. The first kappa shape index (κ1) is 19.2. The summed E-state index contributed by atoms with van der Waals surface area (Å²) < 4.78 is 3.77. The van der Waals surface area contributed by atoms with Crippen LogP contribution in [0.4, 0.5) is 0 Å². The van der Waals surface area contributed by atoms with Gasteiger partial charge in [-0.15, -0.1) is 0 Å². The molecule has 0 unspecified atom stereocenters. The number of hydrogen-bond acceptors (Lipinski definition) is 3. The summed E-state index contributed by atoms with van der Waals surface area (Å²) in [7, 11) is 0. The standard InChI is InChI=1S/C20H24ClN5O/c1-14-11-23-25(12-14)10-4-9-22-20(27)18-7-5-17(6-8-18)13-26-16(3)19(21)15(2)24-26/h5-8,11-12H,4,9-10,13H2,1-3H3,(H,22,27). The fraction of sp³-hybridized carbons (Fsp3) is 0.350. The Morgan fingerprint density at radius 3 is 2.52 bits per heavy atom. The summed E-state index contributed by atoms with van der Waals surface area (Å²) in [5.74, 6) is -0.0626. The lowest BCUT2D eigenvalue weighted by atomic mass is 10.1. The molecule has 0 atom stereocenters. The third-order valence-electron chi connectivity index (χ3n) is 4.45. The van der Waals surface area contributed by atoms with Crippen LogP contribution in [0.15, 0.2) is 36.7 Å². The second-order valence-corrected chi connectivity index (χ2v) is 7.11. The topological polar surface area (TPSA) is 64.7 Å². The summed E-state index contributed by atoms with van der Waals surface area (Å²) in [6.45, 7) is 7.90. The molecule has 0 aliphatic heterocycles. The van der Waals surface area contributed by atoms with E-state index in [1.165, 1.54) is 0 Å². The molecule has 0 saturated heterocycles. The Balaban J connectivity index is 1.50. The zero-order chi connectivity index (χ0) is 19.4. The third kappa shape index (κ3) is 4.77. The van der Waals surface area contributed by atoms with Gasteiger partial charge in [0, 0.05) is 24.8 Å². The smallest absolute Gasteiger partial charge is 0.251 e. The molecule has 1 aromatic carbocycles. The first-order valence-electron chi connectivity index (χ1n) is 8.99. The monoisotopic (exact) mass is 385 g/mol. The van der Waals surface area contributed by atoms with Gasteiger partial charge in [0.15, 0.2) is 0 Å². The SMILES string of the molecule is Cc1cnn(CCCNC(=O)c2ccc(Cn3nc(C)c(Cl)c3C)cc2)c1. The minimum atomic E-state index is -0.0626. The molecule has 142 valence electrons. The van der Waals surface area contributed by atoms with Crippen molar-refractivity contribution in [2.75, 3.05) is 6.54 Å². The van der Waals surface area contributed by atoms with Crippen LogP contribution in [0.5, 0.6) is 0 Å². The van der Waals surface area contributed by atoms with Crippen molar-refractivity contribution in [3.63, 3.8) is 0 Å². The molecule has 0 radical (unpaired) electrons. The molecule has 0 aliphatic carbocycles. The van der Waals surface area contributed by atoms with E-state index in [9.17, 15) is 4.79 Å². The van der Waals surface area contributed by atoms with Gasteiger partial charge in [0.05, 0.1) is 29.2 Å². The lowest BCUT2D eigenvalue weighted by Gasteiger charge is -2.08. The van der Waals surface area contributed by atoms with Crippen LogP contribution in [0.2, 0.25) is 5.02 Å². The van der Waals surface area contributed by atoms with Crippen molar-refractivity contribution in [2.24, 2.45) is 0 Å². The van der Waals surface area contributed by atoms with E-state index < -0.39 is 0 Å². The molecule has 0 fully saturated rings. The average molecular weight is 386 g/mol. The highest BCUT2D eigenvalue weighted by Crippen LogP contribution is 2.20. The van der Waals surface area contributed by atoms with Gasteiger partial charge in [-0.1, -0.05) is 23.7 Å². The maximum atomic E-state index is 12.3. The quantitative estimate of drug-likeness (QED) is 0.633. The molecule has 2 heterocycles. The van der Waals surface area contributed by atoms with Gasteiger partial charge in [-0.05, 0) is 50.5 Å². The number of nitrogens with zero attached hydrogens (tertiary/aromatic N) is 4. The van der Waals surface area contributed by atoms with E-state index in [2.05, 4.69) is 15.5 Å². The molecule has 0 spiro atoms. The Morgan fingerprint density at radius 2 is 1.93 bits per heavy atom. The Kier molecular flexibility index (Phi) is 5.96. The van der Waals surface area contributed by atoms with Gasteiger partial charge in [0.2, 0.25) is 0 Å². The van der Waals surface area contributed by atoms with Crippen LogP contribution in [0.25, 0.3) is 0 Å². The summed E-state index contributed by atoms with van der Waals surface area (Å²) >= 11 is 6.19. The zero-order valence-electron chi connectivity index (χ0n) is 15.9. The molecular weight excluding hydrogens is 362 g/mol. The largest absolute Gasteiger partial charge is 0.352 e. The predicted octanol–water partition coefficient (Wildman–Crippen LogP) is 3.53. The fourth-order valence-electron chi connectivity index (χ4n) is 2.90. The minimum absolute atomic E-state index is 0.0626. The minimum Gasteiger partial charge on any atom is -0.352 e. The summed E-state index contributed by atoms with van der Waals surface area (Å²) in [5, 5.41) is 12.3. The Labute approximate surface area is 164 Å². The number of benzene rings is 1. The third-order valence-corrected chi connectivity index (χ3v) is 5.00. The second-order valence-electron chi connectivity index (χ2n) is 6.73. The number of halogens is 1. The molecule has 27 heavy (non-hydrogen) atoms. The van der Waals surface area contributed by atoms with Crippen LogP contribution in [0, 0.1) is 20.8 Å². The van der Waals surface area contributed by atoms with Crippen molar-refractivity contribution < 1.29 is 4.79 Å². The van der Waals surface area contributed by atoms with Gasteiger partial charge in [-0.2, -0.15) is 10.2 Å². The number of amides is 1. The van der Waals surface area contributed by atoms with E-state index in [0.29, 0.717) is 23.7 Å². The molecule has 3 aromatic rings. The van der Waals surface area contributed by atoms with E-state index in [4.69, 9.17) is 11.6 Å². The van der Waals surface area contributed by atoms with Crippen molar-refractivity contribution in [1.29, 1.82) is 0 Å². The first-order valence-corrected chi connectivity index (χ1v) is 9.37. The number of carbonyl (C=O) groups is 1. The normalized spacial score (nSPS) is 11.0. The van der Waals surface area contributed by atoms with Crippen molar-refractivity contribution in [2.45, 2.75) is 40.3 Å². The lowest BCUT2D eigenvalue weighted by molar-refractivity contribution is 0.0952. The number of carbonyl (C=O) groups excluding carboxylic acids is 1. The summed E-state index contributed by atoms with van der Waals surface area (Å²) in [6, 6.07) is 7.58. The number of nitrogens with one attached hydrogen (secondary N) is 1. The maximum Gasteiger partial charge on any atom is 0.251 e. The molecular formula is C20H24ClN5O. The van der Waals surface area contributed by atoms with Crippen LogP contribution in [0.3, 0.4) is 0 Å². The van der Waals surface area contributed by atoms with Crippen molar-refractivity contribution in [1.82, 2.24) is 24.9 Å². The number of aryl methyl sites for hydroxylation is 3.